The van der Waals surface area contributed by atoms with E-state index in [0.717, 1.165) is 6.07 Å². The maximum atomic E-state index is 15.3. The van der Waals surface area contributed by atoms with E-state index in [1.54, 1.807) is 26.0 Å². The van der Waals surface area contributed by atoms with Gasteiger partial charge in [0.15, 0.2) is 5.43 Å². The number of nitriles is 1. The summed E-state index contributed by atoms with van der Waals surface area (Å²) >= 11 is 6.20. The summed E-state index contributed by atoms with van der Waals surface area (Å²) in [6.07, 6.45) is 0. The molecule has 4 nitrogen and oxygen atoms in total. The van der Waals surface area contributed by atoms with Crippen molar-refractivity contribution in [3.8, 4) is 28.5 Å². The van der Waals surface area contributed by atoms with Gasteiger partial charge in [0.1, 0.15) is 11.6 Å². The molecule has 0 spiro atoms. The van der Waals surface area contributed by atoms with Crippen molar-refractivity contribution in [2.24, 2.45) is 0 Å². The van der Waals surface area contributed by atoms with Crippen molar-refractivity contribution in [3.05, 3.63) is 86.3 Å². The molecular weight excluding hydrogens is 408 g/mol. The molecule has 148 valence electrons. The fourth-order valence-electron chi connectivity index (χ4n) is 3.53. The van der Waals surface area contributed by atoms with Gasteiger partial charge in [0.2, 0.25) is 0 Å². The molecule has 2 aromatic carbocycles. The molecule has 4 aromatic rings. The number of nitrogens with zero attached hydrogens (tertiary/aromatic N) is 2. The van der Waals surface area contributed by atoms with E-state index in [1.807, 2.05) is 6.07 Å². The van der Waals surface area contributed by atoms with Crippen LogP contribution < -0.4 is 5.43 Å². The van der Waals surface area contributed by atoms with Gasteiger partial charge in [-0.2, -0.15) is 5.26 Å². The maximum absolute atomic E-state index is 15.3. The summed E-state index contributed by atoms with van der Waals surface area (Å²) in [5.41, 5.74) is 1.61. The van der Waals surface area contributed by atoms with Gasteiger partial charge in [0, 0.05) is 28.0 Å². The Morgan fingerprint density at radius 1 is 1.07 bits per heavy atom. The molecule has 2 heterocycles. The zero-order chi connectivity index (χ0) is 21.6. The third kappa shape index (κ3) is 3.34. The molecule has 0 aliphatic carbocycles. The van der Waals surface area contributed by atoms with E-state index in [4.69, 9.17) is 16.9 Å². The average molecular weight is 422 g/mol. The Labute approximate surface area is 175 Å². The summed E-state index contributed by atoms with van der Waals surface area (Å²) in [6, 6.07) is 12.0. The minimum absolute atomic E-state index is 0.00261. The minimum Gasteiger partial charge on any atom is -0.354 e. The highest BCUT2D eigenvalue weighted by atomic mass is 35.5. The van der Waals surface area contributed by atoms with E-state index in [1.165, 1.54) is 24.3 Å². The van der Waals surface area contributed by atoms with Crippen LogP contribution in [-0.4, -0.2) is 9.97 Å². The molecule has 0 aliphatic heterocycles. The van der Waals surface area contributed by atoms with Gasteiger partial charge in [0.25, 0.3) is 0 Å². The lowest BCUT2D eigenvalue weighted by Gasteiger charge is -2.12. The fraction of sp³-hybridized carbons (Fsp3) is 0.0870. The summed E-state index contributed by atoms with van der Waals surface area (Å²) in [7, 11) is 0. The molecule has 0 aliphatic rings. The summed E-state index contributed by atoms with van der Waals surface area (Å²) < 4.78 is 30.3. The average Bonchev–Trinajstić information content (AvgIpc) is 2.67. The Hall–Kier alpha value is -3.56. The maximum Gasteiger partial charge on any atom is 0.193 e. The zero-order valence-corrected chi connectivity index (χ0v) is 16.7. The van der Waals surface area contributed by atoms with E-state index >= 15 is 4.39 Å². The predicted molar refractivity (Wildman–Crippen MR) is 112 cm³/mol. The lowest BCUT2D eigenvalue weighted by molar-refractivity contribution is 0.597. The van der Waals surface area contributed by atoms with Crippen LogP contribution in [0.15, 0.2) is 47.3 Å². The van der Waals surface area contributed by atoms with Gasteiger partial charge in [-0.15, -0.1) is 0 Å². The first kappa shape index (κ1) is 19.7. The number of hydrogen-bond donors (Lipinski definition) is 1. The number of pyridine rings is 2. The Morgan fingerprint density at radius 2 is 1.77 bits per heavy atom. The number of hydrogen-bond acceptors (Lipinski definition) is 3. The molecule has 1 N–H and O–H groups in total. The van der Waals surface area contributed by atoms with Gasteiger partial charge in [-0.25, -0.2) is 8.78 Å². The van der Waals surface area contributed by atoms with Gasteiger partial charge < -0.3 is 4.98 Å². The summed E-state index contributed by atoms with van der Waals surface area (Å²) in [4.78, 5) is 19.9. The number of aromatic amines is 1. The highest BCUT2D eigenvalue weighted by Gasteiger charge is 2.20. The van der Waals surface area contributed by atoms with Crippen LogP contribution >= 0.6 is 11.6 Å². The van der Waals surface area contributed by atoms with Crippen molar-refractivity contribution in [1.29, 1.82) is 5.26 Å². The number of rotatable bonds is 2. The van der Waals surface area contributed by atoms with E-state index in [9.17, 15) is 9.18 Å². The van der Waals surface area contributed by atoms with E-state index in [0.29, 0.717) is 33.1 Å². The monoisotopic (exact) mass is 421 g/mol. The molecule has 0 fully saturated rings. The van der Waals surface area contributed by atoms with E-state index < -0.39 is 17.1 Å². The normalized spacial score (nSPS) is 10.9. The number of fused-ring (bicyclic) bond motifs is 1. The topological polar surface area (TPSA) is 69.5 Å². The van der Waals surface area contributed by atoms with Crippen LogP contribution in [0.25, 0.3) is 33.3 Å². The van der Waals surface area contributed by atoms with E-state index in [2.05, 4.69) is 9.97 Å². The standard InChI is InChI=1S/C23H14ClF2N3O/c1-11-5-14(6-12(2)28-11)21-17(25)8-19-22(23(21)26)20(30)9-18(29-19)15-7-13(10-27)3-4-16(15)24/h3-9H,1-2H3,(H,29,30). The van der Waals surface area contributed by atoms with Gasteiger partial charge >= 0.3 is 0 Å². The fourth-order valence-corrected chi connectivity index (χ4v) is 3.75. The number of nitrogens with one attached hydrogen (secondary N) is 1. The van der Waals surface area contributed by atoms with Crippen LogP contribution in [0.4, 0.5) is 8.78 Å². The molecule has 0 amide bonds. The van der Waals surface area contributed by atoms with Crippen LogP contribution in [0, 0.1) is 36.8 Å². The van der Waals surface area contributed by atoms with Crippen LogP contribution in [0.3, 0.4) is 0 Å². The lowest BCUT2D eigenvalue weighted by atomic mass is 9.99. The van der Waals surface area contributed by atoms with Crippen molar-refractivity contribution < 1.29 is 8.78 Å². The molecule has 0 atom stereocenters. The minimum atomic E-state index is -0.945. The van der Waals surface area contributed by atoms with Gasteiger partial charge in [-0.3, -0.25) is 9.78 Å². The lowest BCUT2D eigenvalue weighted by Crippen LogP contribution is -2.08. The Kier molecular flexibility index (Phi) is 4.84. The Bertz CT molecular complexity index is 1420. The number of benzene rings is 2. The second-order valence-corrected chi connectivity index (χ2v) is 7.37. The molecule has 0 saturated carbocycles. The molecule has 30 heavy (non-hydrogen) atoms. The van der Waals surface area contributed by atoms with Crippen LogP contribution in [0.1, 0.15) is 17.0 Å². The molecule has 2 aromatic heterocycles. The molecule has 4 rings (SSSR count). The number of H-pyrrole nitrogens is 1. The number of aromatic nitrogens is 2. The first-order chi connectivity index (χ1) is 14.3. The van der Waals surface area contributed by atoms with Crippen LogP contribution in [-0.2, 0) is 0 Å². The molecule has 0 saturated heterocycles. The van der Waals surface area contributed by atoms with Crippen molar-refractivity contribution >= 4 is 22.5 Å². The van der Waals surface area contributed by atoms with Crippen LogP contribution in [0.2, 0.25) is 5.02 Å². The first-order valence-corrected chi connectivity index (χ1v) is 9.37. The Morgan fingerprint density at radius 3 is 2.43 bits per heavy atom. The van der Waals surface area contributed by atoms with Crippen LogP contribution in [0.5, 0.6) is 0 Å². The van der Waals surface area contributed by atoms with Crippen molar-refractivity contribution in [2.75, 3.05) is 0 Å². The second kappa shape index (κ2) is 7.36. The summed E-state index contributed by atoms with van der Waals surface area (Å²) in [5.74, 6) is -1.76. The zero-order valence-electron chi connectivity index (χ0n) is 16.0. The molecule has 0 unspecified atom stereocenters. The number of halogens is 3. The third-order valence-electron chi connectivity index (χ3n) is 4.77. The molecule has 0 radical (unpaired) electrons. The third-order valence-corrected chi connectivity index (χ3v) is 5.09. The molecule has 0 bridgehead atoms. The van der Waals surface area contributed by atoms with Crippen molar-refractivity contribution in [2.45, 2.75) is 13.8 Å². The molecular formula is C23H14ClF2N3O. The Balaban J connectivity index is 1.99. The highest BCUT2D eigenvalue weighted by molar-refractivity contribution is 6.33. The van der Waals surface area contributed by atoms with Crippen molar-refractivity contribution in [1.82, 2.24) is 9.97 Å². The quantitative estimate of drug-likeness (QED) is 0.453. The largest absolute Gasteiger partial charge is 0.354 e. The predicted octanol–water partition coefficient (Wildman–Crippen LogP) is 5.68. The summed E-state index contributed by atoms with van der Waals surface area (Å²) in [5, 5.41) is 9.15. The van der Waals surface area contributed by atoms with Gasteiger partial charge in [0.05, 0.1) is 33.8 Å². The van der Waals surface area contributed by atoms with E-state index in [-0.39, 0.29) is 22.2 Å². The molecule has 7 heteroatoms. The second-order valence-electron chi connectivity index (χ2n) is 6.96. The first-order valence-electron chi connectivity index (χ1n) is 8.99. The van der Waals surface area contributed by atoms with Gasteiger partial charge in [-0.1, -0.05) is 11.6 Å². The number of aryl methyl sites for hydroxylation is 2. The SMILES string of the molecule is Cc1cc(-c2c(F)cc3[nH]c(-c4cc(C#N)ccc4Cl)cc(=O)c3c2F)cc(C)n1. The van der Waals surface area contributed by atoms with Gasteiger partial charge in [-0.05, 0) is 55.8 Å². The van der Waals surface area contributed by atoms with Crippen molar-refractivity contribution in [3.63, 3.8) is 0 Å². The smallest absolute Gasteiger partial charge is 0.193 e. The highest BCUT2D eigenvalue weighted by Crippen LogP contribution is 2.33. The summed E-state index contributed by atoms with van der Waals surface area (Å²) in [6.45, 7) is 3.46.